The van der Waals surface area contributed by atoms with E-state index in [9.17, 15) is 9.59 Å². The number of piperidine rings is 1. The Kier molecular flexibility index (Phi) is 6.22. The lowest BCUT2D eigenvalue weighted by Crippen LogP contribution is -2.48. The van der Waals surface area contributed by atoms with Gasteiger partial charge in [0.2, 0.25) is 11.8 Å². The Morgan fingerprint density at radius 3 is 2.43 bits per heavy atom. The summed E-state index contributed by atoms with van der Waals surface area (Å²) in [5.74, 6) is 0.720. The molecule has 3 N–H and O–H groups in total. The molecule has 23 heavy (non-hydrogen) atoms. The first-order chi connectivity index (χ1) is 11.1. The van der Waals surface area contributed by atoms with Crippen molar-refractivity contribution in [2.24, 2.45) is 0 Å². The molecule has 1 aromatic carbocycles. The average Bonchev–Trinajstić information content (AvgIpc) is 2.60. The molecule has 2 amide bonds. The van der Waals surface area contributed by atoms with Gasteiger partial charge in [0, 0.05) is 23.9 Å². The lowest BCUT2D eigenvalue weighted by Gasteiger charge is -2.22. The van der Waals surface area contributed by atoms with Gasteiger partial charge < -0.3 is 25.4 Å². The number of rotatable bonds is 6. The van der Waals surface area contributed by atoms with Crippen molar-refractivity contribution >= 4 is 17.5 Å². The van der Waals surface area contributed by atoms with Crippen LogP contribution in [0.2, 0.25) is 0 Å². The van der Waals surface area contributed by atoms with Crippen molar-refractivity contribution in [3.05, 3.63) is 18.2 Å². The second-order valence-electron chi connectivity index (χ2n) is 5.37. The molecule has 0 saturated carbocycles. The van der Waals surface area contributed by atoms with Crippen LogP contribution in [-0.4, -0.2) is 45.2 Å². The summed E-state index contributed by atoms with van der Waals surface area (Å²) in [5, 5.41) is 8.51. The fraction of sp³-hybridized carbons (Fsp3) is 0.500. The van der Waals surface area contributed by atoms with Crippen LogP contribution in [-0.2, 0) is 9.59 Å². The molecule has 2 rings (SSSR count). The summed E-state index contributed by atoms with van der Waals surface area (Å²) in [5.41, 5.74) is 0.552. The summed E-state index contributed by atoms with van der Waals surface area (Å²) in [4.78, 5) is 23.9. The summed E-state index contributed by atoms with van der Waals surface area (Å²) < 4.78 is 10.3. The first-order valence-electron chi connectivity index (χ1n) is 7.66. The van der Waals surface area contributed by atoms with Crippen molar-refractivity contribution in [1.29, 1.82) is 0 Å². The molecule has 7 heteroatoms. The molecule has 1 atom stereocenters. The van der Waals surface area contributed by atoms with Crippen LogP contribution in [0.3, 0.4) is 0 Å². The minimum atomic E-state index is -0.301. The van der Waals surface area contributed by atoms with Crippen LogP contribution in [0.1, 0.15) is 19.3 Å². The number of methoxy groups -OCH3 is 2. The number of carbonyl (C=O) groups is 2. The highest BCUT2D eigenvalue weighted by atomic mass is 16.5. The van der Waals surface area contributed by atoms with Gasteiger partial charge in [0.1, 0.15) is 11.5 Å². The van der Waals surface area contributed by atoms with Crippen LogP contribution in [0, 0.1) is 0 Å². The van der Waals surface area contributed by atoms with E-state index < -0.39 is 0 Å². The van der Waals surface area contributed by atoms with E-state index in [1.54, 1.807) is 18.2 Å². The second kappa shape index (κ2) is 8.38. The molecule has 0 aromatic heterocycles. The minimum absolute atomic E-state index is 0.0729. The van der Waals surface area contributed by atoms with E-state index in [0.29, 0.717) is 17.2 Å². The molecule has 1 aliphatic heterocycles. The number of nitrogens with one attached hydrogen (secondary N) is 3. The van der Waals surface area contributed by atoms with Gasteiger partial charge in [0.15, 0.2) is 0 Å². The third kappa shape index (κ3) is 5.14. The number of amides is 2. The van der Waals surface area contributed by atoms with Crippen molar-refractivity contribution in [2.75, 3.05) is 32.6 Å². The Labute approximate surface area is 135 Å². The first-order valence-corrected chi connectivity index (χ1v) is 7.66. The second-order valence-corrected chi connectivity index (χ2v) is 5.37. The SMILES string of the molecule is COc1cc(NC(=O)CNC(=O)C2CCCCN2)cc(OC)c1. The molecular formula is C16H23N3O4. The number of hydrogen-bond acceptors (Lipinski definition) is 5. The molecule has 1 aliphatic rings. The molecule has 0 aliphatic carbocycles. The van der Waals surface area contributed by atoms with Crippen LogP contribution in [0.4, 0.5) is 5.69 Å². The largest absolute Gasteiger partial charge is 0.497 e. The highest BCUT2D eigenvalue weighted by Crippen LogP contribution is 2.25. The summed E-state index contributed by atoms with van der Waals surface area (Å²) in [6.07, 6.45) is 2.92. The molecule has 1 aromatic rings. The van der Waals surface area contributed by atoms with Gasteiger partial charge in [-0.15, -0.1) is 0 Å². The van der Waals surface area contributed by atoms with Gasteiger partial charge in [-0.1, -0.05) is 6.42 Å². The monoisotopic (exact) mass is 321 g/mol. The fourth-order valence-electron chi connectivity index (χ4n) is 2.45. The minimum Gasteiger partial charge on any atom is -0.497 e. The van der Waals surface area contributed by atoms with Gasteiger partial charge in [-0.3, -0.25) is 9.59 Å². The molecule has 1 heterocycles. The van der Waals surface area contributed by atoms with Gasteiger partial charge in [-0.2, -0.15) is 0 Å². The number of hydrogen-bond donors (Lipinski definition) is 3. The molecule has 7 nitrogen and oxygen atoms in total. The quantitative estimate of drug-likeness (QED) is 0.724. The standard InChI is InChI=1S/C16H23N3O4/c1-22-12-7-11(8-13(9-12)23-2)19-15(20)10-18-16(21)14-5-3-4-6-17-14/h7-9,14,17H,3-6,10H2,1-2H3,(H,18,21)(H,19,20). The average molecular weight is 321 g/mol. The zero-order valence-electron chi connectivity index (χ0n) is 13.5. The van der Waals surface area contributed by atoms with Gasteiger partial charge in [0.05, 0.1) is 26.8 Å². The molecule has 0 spiro atoms. The highest BCUT2D eigenvalue weighted by molar-refractivity contribution is 5.95. The maximum atomic E-state index is 12.0. The summed E-state index contributed by atoms with van der Waals surface area (Å²) in [6, 6.07) is 4.88. The Morgan fingerprint density at radius 2 is 1.87 bits per heavy atom. The van der Waals surface area contributed by atoms with Crippen LogP contribution >= 0.6 is 0 Å². The lowest BCUT2D eigenvalue weighted by atomic mass is 10.0. The number of ether oxygens (including phenoxy) is 2. The van der Waals surface area contributed by atoms with E-state index >= 15 is 0 Å². The van der Waals surface area contributed by atoms with Crippen molar-refractivity contribution in [1.82, 2.24) is 10.6 Å². The Balaban J connectivity index is 1.85. The van der Waals surface area contributed by atoms with Crippen molar-refractivity contribution in [3.63, 3.8) is 0 Å². The van der Waals surface area contributed by atoms with Crippen molar-refractivity contribution in [3.8, 4) is 11.5 Å². The Bertz CT molecular complexity index is 534. The molecule has 1 saturated heterocycles. The lowest BCUT2D eigenvalue weighted by molar-refractivity contribution is -0.126. The summed E-state index contributed by atoms with van der Waals surface area (Å²) in [6.45, 7) is 0.768. The van der Waals surface area contributed by atoms with Gasteiger partial charge >= 0.3 is 0 Å². The predicted molar refractivity (Wildman–Crippen MR) is 86.8 cm³/mol. The van der Waals surface area contributed by atoms with Gasteiger partial charge in [-0.05, 0) is 19.4 Å². The topological polar surface area (TPSA) is 88.7 Å². The third-order valence-corrected chi connectivity index (χ3v) is 3.69. The molecule has 0 bridgehead atoms. The molecule has 1 unspecified atom stereocenters. The Hall–Kier alpha value is -2.28. The highest BCUT2D eigenvalue weighted by Gasteiger charge is 2.20. The number of anilines is 1. The molecule has 1 fully saturated rings. The normalized spacial score (nSPS) is 17.2. The van der Waals surface area contributed by atoms with E-state index in [1.165, 1.54) is 14.2 Å². The third-order valence-electron chi connectivity index (χ3n) is 3.69. The summed E-state index contributed by atoms with van der Waals surface area (Å²) in [7, 11) is 3.08. The maximum Gasteiger partial charge on any atom is 0.243 e. The van der Waals surface area contributed by atoms with Gasteiger partial charge in [-0.25, -0.2) is 0 Å². The zero-order valence-corrected chi connectivity index (χ0v) is 13.5. The molecule has 0 radical (unpaired) electrons. The molecular weight excluding hydrogens is 298 g/mol. The van der Waals surface area contributed by atoms with E-state index in [-0.39, 0.29) is 24.4 Å². The van der Waals surface area contributed by atoms with Gasteiger partial charge in [0.25, 0.3) is 0 Å². The summed E-state index contributed by atoms with van der Waals surface area (Å²) >= 11 is 0. The van der Waals surface area contributed by atoms with Crippen molar-refractivity contribution < 1.29 is 19.1 Å². The molecule has 126 valence electrons. The predicted octanol–water partition coefficient (Wildman–Crippen LogP) is 0.901. The van der Waals surface area contributed by atoms with Crippen LogP contribution in [0.15, 0.2) is 18.2 Å². The van der Waals surface area contributed by atoms with E-state index in [1.807, 2.05) is 0 Å². The van der Waals surface area contributed by atoms with E-state index in [0.717, 1.165) is 25.8 Å². The Morgan fingerprint density at radius 1 is 1.17 bits per heavy atom. The van der Waals surface area contributed by atoms with Crippen LogP contribution in [0.25, 0.3) is 0 Å². The van der Waals surface area contributed by atoms with E-state index in [4.69, 9.17) is 9.47 Å². The number of carbonyl (C=O) groups excluding carboxylic acids is 2. The number of benzene rings is 1. The van der Waals surface area contributed by atoms with Crippen LogP contribution < -0.4 is 25.4 Å². The maximum absolute atomic E-state index is 12.0. The smallest absolute Gasteiger partial charge is 0.243 e. The zero-order chi connectivity index (χ0) is 16.7. The first kappa shape index (κ1) is 17.1. The fourth-order valence-corrected chi connectivity index (χ4v) is 2.45. The van der Waals surface area contributed by atoms with E-state index in [2.05, 4.69) is 16.0 Å². The van der Waals surface area contributed by atoms with Crippen molar-refractivity contribution in [2.45, 2.75) is 25.3 Å². The van der Waals surface area contributed by atoms with Crippen LogP contribution in [0.5, 0.6) is 11.5 Å².